The number of carbonyl (C=O) groups excluding carboxylic acids is 1. The second-order valence-electron chi connectivity index (χ2n) is 4.62. The number of hydrogen-bond donors (Lipinski definition) is 0. The normalized spacial score (nSPS) is 20.7. The van der Waals surface area contributed by atoms with Gasteiger partial charge >= 0.3 is 0 Å². The lowest BCUT2D eigenvalue weighted by molar-refractivity contribution is -0.133. The molecule has 1 fully saturated rings. The van der Waals surface area contributed by atoms with Gasteiger partial charge in [-0.15, -0.1) is 0 Å². The Labute approximate surface area is 111 Å². The molecule has 1 amide bonds. The highest BCUT2D eigenvalue weighted by atomic mass is 79.9. The van der Waals surface area contributed by atoms with Gasteiger partial charge in [0.1, 0.15) is 0 Å². The number of amides is 1. The molecule has 0 spiro atoms. The summed E-state index contributed by atoms with van der Waals surface area (Å²) in [6.07, 6.45) is 2.81. The van der Waals surface area contributed by atoms with E-state index in [4.69, 9.17) is 0 Å². The smallest absolute Gasteiger partial charge is 0.223 e. The number of nitrogens with zero attached hydrogens (tertiary/aromatic N) is 1. The Morgan fingerprint density at radius 2 is 2.06 bits per heavy atom. The molecule has 92 valence electrons. The highest BCUT2D eigenvalue weighted by Crippen LogP contribution is 2.29. The quantitative estimate of drug-likeness (QED) is 0.835. The Bertz CT molecular complexity index is 388. The number of carbonyl (C=O) groups is 1. The van der Waals surface area contributed by atoms with E-state index in [1.807, 2.05) is 4.90 Å². The summed E-state index contributed by atoms with van der Waals surface area (Å²) in [5.41, 5.74) is 1.29. The van der Waals surface area contributed by atoms with Crippen LogP contribution in [-0.2, 0) is 4.79 Å². The topological polar surface area (TPSA) is 20.3 Å². The number of halogens is 1. The molecule has 1 saturated heterocycles. The Kier molecular flexibility index (Phi) is 4.21. The van der Waals surface area contributed by atoms with Crippen LogP contribution in [0.5, 0.6) is 0 Å². The molecule has 17 heavy (non-hydrogen) atoms. The highest BCUT2D eigenvalue weighted by molar-refractivity contribution is 9.10. The number of likely N-dealkylation sites (tertiary alicyclic amines) is 1. The van der Waals surface area contributed by atoms with Gasteiger partial charge in [-0.2, -0.15) is 0 Å². The molecular weight excluding hydrogens is 278 g/mol. The van der Waals surface area contributed by atoms with Gasteiger partial charge < -0.3 is 4.90 Å². The number of piperidine rings is 1. The molecule has 1 unspecified atom stereocenters. The fourth-order valence-corrected chi connectivity index (χ4v) is 2.67. The lowest BCUT2D eigenvalue weighted by Crippen LogP contribution is -2.38. The molecule has 0 saturated carbocycles. The second-order valence-corrected chi connectivity index (χ2v) is 5.54. The van der Waals surface area contributed by atoms with Crippen LogP contribution in [0.15, 0.2) is 28.7 Å². The summed E-state index contributed by atoms with van der Waals surface area (Å²) in [7, 11) is 0. The summed E-state index contributed by atoms with van der Waals surface area (Å²) in [5, 5.41) is 0. The van der Waals surface area contributed by atoms with Crippen molar-refractivity contribution < 1.29 is 4.79 Å². The van der Waals surface area contributed by atoms with Gasteiger partial charge in [-0.3, -0.25) is 4.79 Å². The van der Waals surface area contributed by atoms with E-state index in [9.17, 15) is 4.79 Å². The van der Waals surface area contributed by atoms with Gasteiger partial charge in [0.15, 0.2) is 0 Å². The Hall–Kier alpha value is -0.830. The molecule has 1 aromatic rings. The first-order valence-electron chi connectivity index (χ1n) is 6.24. The van der Waals surface area contributed by atoms with Crippen LogP contribution in [0, 0.1) is 0 Å². The molecule has 2 nitrogen and oxygen atoms in total. The monoisotopic (exact) mass is 295 g/mol. The van der Waals surface area contributed by atoms with E-state index in [1.165, 1.54) is 5.56 Å². The predicted octanol–water partition coefficient (Wildman–Crippen LogP) is 3.57. The Morgan fingerprint density at radius 1 is 1.35 bits per heavy atom. The second kappa shape index (κ2) is 5.67. The SMILES string of the molecule is CCCN1CCC(c2ccc(Br)cc2)CC1=O. The third kappa shape index (κ3) is 3.09. The first-order chi connectivity index (χ1) is 8.20. The standard InChI is InChI=1S/C14H18BrNO/c1-2-8-16-9-7-12(10-14(16)17)11-3-5-13(15)6-4-11/h3-6,12H,2,7-10H2,1H3. The van der Waals surface area contributed by atoms with Crippen molar-refractivity contribution in [2.45, 2.75) is 32.1 Å². The number of benzene rings is 1. The van der Waals surface area contributed by atoms with E-state index in [-0.39, 0.29) is 0 Å². The highest BCUT2D eigenvalue weighted by Gasteiger charge is 2.25. The van der Waals surface area contributed by atoms with Crippen molar-refractivity contribution in [1.29, 1.82) is 0 Å². The van der Waals surface area contributed by atoms with Crippen LogP contribution in [0.2, 0.25) is 0 Å². The third-order valence-corrected chi connectivity index (χ3v) is 3.88. The van der Waals surface area contributed by atoms with Crippen LogP contribution in [-0.4, -0.2) is 23.9 Å². The van der Waals surface area contributed by atoms with Crippen LogP contribution in [0.25, 0.3) is 0 Å². The lowest BCUT2D eigenvalue weighted by atomic mass is 9.89. The molecular formula is C14H18BrNO. The predicted molar refractivity (Wildman–Crippen MR) is 73.0 cm³/mol. The summed E-state index contributed by atoms with van der Waals surface area (Å²) in [5.74, 6) is 0.717. The van der Waals surface area contributed by atoms with Crippen LogP contribution in [0.4, 0.5) is 0 Å². The zero-order chi connectivity index (χ0) is 12.3. The maximum Gasteiger partial charge on any atom is 0.223 e. The summed E-state index contributed by atoms with van der Waals surface area (Å²) in [4.78, 5) is 13.9. The number of rotatable bonds is 3. The molecule has 0 radical (unpaired) electrons. The maximum atomic E-state index is 12.0. The fraction of sp³-hybridized carbons (Fsp3) is 0.500. The van der Waals surface area contributed by atoms with E-state index >= 15 is 0 Å². The van der Waals surface area contributed by atoms with E-state index in [2.05, 4.69) is 47.1 Å². The summed E-state index contributed by atoms with van der Waals surface area (Å²) >= 11 is 3.44. The van der Waals surface area contributed by atoms with Crippen molar-refractivity contribution in [3.8, 4) is 0 Å². The molecule has 3 heteroatoms. The molecule has 0 aliphatic carbocycles. The van der Waals surface area contributed by atoms with E-state index in [0.717, 1.165) is 30.4 Å². The van der Waals surface area contributed by atoms with E-state index in [1.54, 1.807) is 0 Å². The Balaban J connectivity index is 2.01. The minimum absolute atomic E-state index is 0.311. The van der Waals surface area contributed by atoms with Gasteiger partial charge in [-0.1, -0.05) is 35.0 Å². The van der Waals surface area contributed by atoms with Crippen LogP contribution in [0.1, 0.15) is 37.7 Å². The Morgan fingerprint density at radius 3 is 2.65 bits per heavy atom. The first-order valence-corrected chi connectivity index (χ1v) is 7.03. The van der Waals surface area contributed by atoms with Gasteiger partial charge in [0.25, 0.3) is 0 Å². The largest absolute Gasteiger partial charge is 0.343 e. The number of hydrogen-bond acceptors (Lipinski definition) is 1. The average Bonchev–Trinajstić information content (AvgIpc) is 2.33. The van der Waals surface area contributed by atoms with Crippen LogP contribution in [0.3, 0.4) is 0 Å². The van der Waals surface area contributed by atoms with Crippen LogP contribution < -0.4 is 0 Å². The van der Waals surface area contributed by atoms with Crippen molar-refractivity contribution >= 4 is 21.8 Å². The van der Waals surface area contributed by atoms with Gasteiger partial charge in [0.2, 0.25) is 5.91 Å². The third-order valence-electron chi connectivity index (χ3n) is 3.36. The minimum Gasteiger partial charge on any atom is -0.343 e. The van der Waals surface area contributed by atoms with Crippen molar-refractivity contribution in [3.05, 3.63) is 34.3 Å². The van der Waals surface area contributed by atoms with Crippen molar-refractivity contribution in [1.82, 2.24) is 4.90 Å². The van der Waals surface area contributed by atoms with Crippen molar-refractivity contribution in [2.75, 3.05) is 13.1 Å². The summed E-state index contributed by atoms with van der Waals surface area (Å²) in [6, 6.07) is 8.35. The fourth-order valence-electron chi connectivity index (χ4n) is 2.40. The molecule has 1 aliphatic rings. The molecule has 1 atom stereocenters. The molecule has 1 aliphatic heterocycles. The van der Waals surface area contributed by atoms with E-state index < -0.39 is 0 Å². The lowest BCUT2D eigenvalue weighted by Gasteiger charge is -2.31. The summed E-state index contributed by atoms with van der Waals surface area (Å²) < 4.78 is 1.09. The summed E-state index contributed by atoms with van der Waals surface area (Å²) in [6.45, 7) is 3.94. The molecule has 0 bridgehead atoms. The van der Waals surface area contributed by atoms with Gasteiger partial charge in [-0.05, 0) is 36.5 Å². The van der Waals surface area contributed by atoms with Crippen LogP contribution >= 0.6 is 15.9 Å². The van der Waals surface area contributed by atoms with Crippen molar-refractivity contribution in [2.24, 2.45) is 0 Å². The van der Waals surface area contributed by atoms with Crippen molar-refractivity contribution in [3.63, 3.8) is 0 Å². The minimum atomic E-state index is 0.311. The zero-order valence-electron chi connectivity index (χ0n) is 10.2. The molecule has 1 aromatic carbocycles. The molecule has 2 rings (SSSR count). The van der Waals surface area contributed by atoms with E-state index in [0.29, 0.717) is 18.2 Å². The molecule has 1 heterocycles. The van der Waals surface area contributed by atoms with Gasteiger partial charge in [0, 0.05) is 24.0 Å². The van der Waals surface area contributed by atoms with Gasteiger partial charge in [0.05, 0.1) is 0 Å². The molecule has 0 N–H and O–H groups in total. The molecule has 0 aromatic heterocycles. The zero-order valence-corrected chi connectivity index (χ0v) is 11.7. The first kappa shape index (κ1) is 12.6. The van der Waals surface area contributed by atoms with Gasteiger partial charge in [-0.25, -0.2) is 0 Å². The average molecular weight is 296 g/mol. The maximum absolute atomic E-state index is 12.0.